The third-order valence-corrected chi connectivity index (χ3v) is 4.21. The standard InChI is InChI=1S/C22H27O2/c1-2-3-4-5-6-7-8-17-24-22-15-13-21(14-16-22)20-11-9-19(18-23)10-12-20/h9-16H,2-8,17H2,1H3. The van der Waals surface area contributed by atoms with Crippen molar-refractivity contribution in [2.24, 2.45) is 0 Å². The zero-order valence-electron chi connectivity index (χ0n) is 14.6. The first-order valence-corrected chi connectivity index (χ1v) is 9.05. The SMILES string of the molecule is CCCCCCCCCOc1ccc(-c2ccc([C]=O)cc2)cc1. The lowest BCUT2D eigenvalue weighted by Crippen LogP contribution is -1.97. The summed E-state index contributed by atoms with van der Waals surface area (Å²) >= 11 is 0. The third-order valence-electron chi connectivity index (χ3n) is 4.21. The van der Waals surface area contributed by atoms with E-state index in [1.54, 1.807) is 12.1 Å². The Morgan fingerprint density at radius 1 is 0.750 bits per heavy atom. The van der Waals surface area contributed by atoms with E-state index in [9.17, 15) is 4.79 Å². The Kier molecular flexibility index (Phi) is 8.09. The van der Waals surface area contributed by atoms with Gasteiger partial charge in [0, 0.05) is 5.56 Å². The van der Waals surface area contributed by atoms with Crippen LogP contribution >= 0.6 is 0 Å². The highest BCUT2D eigenvalue weighted by Crippen LogP contribution is 2.22. The first kappa shape index (κ1) is 18.3. The van der Waals surface area contributed by atoms with Gasteiger partial charge in [-0.2, -0.15) is 0 Å². The number of ether oxygens (including phenoxy) is 1. The van der Waals surface area contributed by atoms with Crippen LogP contribution in [0.4, 0.5) is 0 Å². The molecule has 0 aliphatic carbocycles. The molecule has 0 spiro atoms. The van der Waals surface area contributed by atoms with Gasteiger partial charge in [-0.3, -0.25) is 4.79 Å². The van der Waals surface area contributed by atoms with Crippen molar-refractivity contribution in [2.45, 2.75) is 51.9 Å². The maximum absolute atomic E-state index is 10.6. The highest BCUT2D eigenvalue weighted by Gasteiger charge is 2.00. The van der Waals surface area contributed by atoms with Crippen molar-refractivity contribution in [2.75, 3.05) is 6.61 Å². The molecule has 24 heavy (non-hydrogen) atoms. The van der Waals surface area contributed by atoms with E-state index in [4.69, 9.17) is 4.74 Å². The molecule has 0 unspecified atom stereocenters. The lowest BCUT2D eigenvalue weighted by atomic mass is 10.0. The summed E-state index contributed by atoms with van der Waals surface area (Å²) < 4.78 is 5.81. The molecule has 0 heterocycles. The second-order valence-electron chi connectivity index (χ2n) is 6.17. The van der Waals surface area contributed by atoms with Gasteiger partial charge in [0.2, 0.25) is 6.29 Å². The molecule has 0 atom stereocenters. The summed E-state index contributed by atoms with van der Waals surface area (Å²) in [6.07, 6.45) is 11.0. The lowest BCUT2D eigenvalue weighted by Gasteiger charge is -2.08. The van der Waals surface area contributed by atoms with Crippen LogP contribution in [0.2, 0.25) is 0 Å². The minimum Gasteiger partial charge on any atom is -0.494 e. The average Bonchev–Trinajstić information content (AvgIpc) is 2.64. The van der Waals surface area contributed by atoms with Crippen molar-refractivity contribution in [3.8, 4) is 16.9 Å². The predicted octanol–water partition coefficient (Wildman–Crippen LogP) is 5.94. The Labute approximate surface area is 145 Å². The Morgan fingerprint density at radius 3 is 1.88 bits per heavy atom. The highest BCUT2D eigenvalue weighted by molar-refractivity contribution is 5.77. The van der Waals surface area contributed by atoms with Crippen molar-refractivity contribution < 1.29 is 9.53 Å². The van der Waals surface area contributed by atoms with Crippen LogP contribution in [0.15, 0.2) is 48.5 Å². The van der Waals surface area contributed by atoms with Crippen molar-refractivity contribution in [3.05, 3.63) is 54.1 Å². The molecule has 2 aromatic rings. The van der Waals surface area contributed by atoms with Crippen LogP contribution < -0.4 is 4.74 Å². The Morgan fingerprint density at radius 2 is 1.29 bits per heavy atom. The quantitative estimate of drug-likeness (QED) is 0.478. The van der Waals surface area contributed by atoms with E-state index in [2.05, 4.69) is 19.1 Å². The van der Waals surface area contributed by atoms with Crippen LogP contribution in [-0.4, -0.2) is 12.9 Å². The Bertz CT molecular complexity index is 584. The molecule has 127 valence electrons. The number of hydrogen-bond acceptors (Lipinski definition) is 2. The molecule has 0 aliphatic heterocycles. The van der Waals surface area contributed by atoms with E-state index >= 15 is 0 Å². The van der Waals surface area contributed by atoms with Gasteiger partial charge in [-0.1, -0.05) is 81.8 Å². The number of unbranched alkanes of at least 4 members (excludes halogenated alkanes) is 6. The third kappa shape index (κ3) is 6.19. The monoisotopic (exact) mass is 323 g/mol. The summed E-state index contributed by atoms with van der Waals surface area (Å²) in [5.41, 5.74) is 2.79. The molecule has 0 saturated heterocycles. The summed E-state index contributed by atoms with van der Waals surface area (Å²) in [5.74, 6) is 0.919. The van der Waals surface area contributed by atoms with Gasteiger partial charge in [-0.05, 0) is 29.7 Å². The topological polar surface area (TPSA) is 26.3 Å². The fourth-order valence-corrected chi connectivity index (χ4v) is 2.72. The zero-order valence-corrected chi connectivity index (χ0v) is 14.6. The molecule has 0 saturated carbocycles. The molecule has 0 N–H and O–H groups in total. The average molecular weight is 323 g/mol. The summed E-state index contributed by atoms with van der Waals surface area (Å²) in [5, 5.41) is 0. The van der Waals surface area contributed by atoms with Gasteiger partial charge in [-0.15, -0.1) is 0 Å². The van der Waals surface area contributed by atoms with Crippen molar-refractivity contribution in [1.29, 1.82) is 0 Å². The molecule has 0 fully saturated rings. The fraction of sp³-hybridized carbons (Fsp3) is 0.409. The van der Waals surface area contributed by atoms with E-state index in [0.717, 1.165) is 29.9 Å². The molecule has 0 bridgehead atoms. The van der Waals surface area contributed by atoms with Gasteiger partial charge in [0.25, 0.3) is 0 Å². The van der Waals surface area contributed by atoms with Crippen molar-refractivity contribution >= 4 is 6.29 Å². The molecule has 2 heteroatoms. The van der Waals surface area contributed by atoms with E-state index in [0.29, 0.717) is 5.56 Å². The van der Waals surface area contributed by atoms with Gasteiger partial charge in [-0.25, -0.2) is 0 Å². The second-order valence-corrected chi connectivity index (χ2v) is 6.17. The largest absolute Gasteiger partial charge is 0.494 e. The number of benzene rings is 2. The maximum Gasteiger partial charge on any atom is 0.233 e. The van der Waals surface area contributed by atoms with Crippen molar-refractivity contribution in [3.63, 3.8) is 0 Å². The molecule has 1 radical (unpaired) electrons. The highest BCUT2D eigenvalue weighted by atomic mass is 16.5. The Balaban J connectivity index is 1.71. The van der Waals surface area contributed by atoms with Crippen LogP contribution in [-0.2, 0) is 4.79 Å². The molecule has 2 aromatic carbocycles. The van der Waals surface area contributed by atoms with Crippen LogP contribution in [0.1, 0.15) is 57.4 Å². The second kappa shape index (κ2) is 10.6. The summed E-state index contributed by atoms with van der Waals surface area (Å²) in [6, 6.07) is 15.6. The van der Waals surface area contributed by atoms with Crippen molar-refractivity contribution in [1.82, 2.24) is 0 Å². The van der Waals surface area contributed by atoms with E-state index < -0.39 is 0 Å². The minimum atomic E-state index is 0.577. The fourth-order valence-electron chi connectivity index (χ4n) is 2.72. The molecule has 2 nitrogen and oxygen atoms in total. The van der Waals surface area contributed by atoms with Crippen LogP contribution in [0.3, 0.4) is 0 Å². The summed E-state index contributed by atoms with van der Waals surface area (Å²) in [4.78, 5) is 10.6. The molecule has 2 rings (SSSR count). The molecule has 0 aromatic heterocycles. The van der Waals surface area contributed by atoms with E-state index in [1.165, 1.54) is 38.5 Å². The first-order valence-electron chi connectivity index (χ1n) is 9.05. The first-order chi connectivity index (χ1) is 11.8. The van der Waals surface area contributed by atoms with Crippen LogP contribution in [0.5, 0.6) is 5.75 Å². The molecular weight excluding hydrogens is 296 g/mol. The smallest absolute Gasteiger partial charge is 0.233 e. The van der Waals surface area contributed by atoms with Gasteiger partial charge in [0.15, 0.2) is 0 Å². The number of carbonyl (C=O) groups excluding carboxylic acids is 1. The van der Waals surface area contributed by atoms with Gasteiger partial charge >= 0.3 is 0 Å². The number of rotatable bonds is 11. The van der Waals surface area contributed by atoms with E-state index in [1.807, 2.05) is 30.6 Å². The maximum atomic E-state index is 10.6. The molecule has 0 amide bonds. The van der Waals surface area contributed by atoms with Gasteiger partial charge in [0.05, 0.1) is 6.61 Å². The summed E-state index contributed by atoms with van der Waals surface area (Å²) in [6.45, 7) is 3.04. The van der Waals surface area contributed by atoms with Gasteiger partial charge in [0.1, 0.15) is 5.75 Å². The van der Waals surface area contributed by atoms with Crippen LogP contribution in [0, 0.1) is 0 Å². The molecular formula is C22H27O2. The van der Waals surface area contributed by atoms with E-state index in [-0.39, 0.29) is 0 Å². The molecule has 0 aliphatic rings. The van der Waals surface area contributed by atoms with Gasteiger partial charge < -0.3 is 4.74 Å². The zero-order chi connectivity index (χ0) is 17.0. The predicted molar refractivity (Wildman–Crippen MR) is 100 cm³/mol. The normalized spacial score (nSPS) is 10.5. The summed E-state index contributed by atoms with van der Waals surface area (Å²) in [7, 11) is 0. The minimum absolute atomic E-state index is 0.577. The number of hydrogen-bond donors (Lipinski definition) is 0. The van der Waals surface area contributed by atoms with Crippen LogP contribution in [0.25, 0.3) is 11.1 Å². The Hall–Kier alpha value is -2.09. The lowest BCUT2D eigenvalue weighted by molar-refractivity contribution is 0.304.